The quantitative estimate of drug-likeness (QED) is 0.770. The molecule has 1 atom stereocenters. The Kier molecular flexibility index (Phi) is 4.58. The molecular weight excluding hydrogens is 346 g/mol. The van der Waals surface area contributed by atoms with Crippen LogP contribution in [-0.4, -0.2) is 38.6 Å². The minimum Gasteiger partial charge on any atom is -0.497 e. The van der Waals surface area contributed by atoms with Gasteiger partial charge in [-0.2, -0.15) is 0 Å². The van der Waals surface area contributed by atoms with Gasteiger partial charge < -0.3 is 25.4 Å². The molecule has 7 heteroatoms. The second-order valence-corrected chi connectivity index (χ2v) is 6.73. The molecule has 27 heavy (non-hydrogen) atoms. The van der Waals surface area contributed by atoms with Crippen molar-refractivity contribution < 1.29 is 19.1 Å². The lowest BCUT2D eigenvalue weighted by molar-refractivity contribution is -0.114. The van der Waals surface area contributed by atoms with Gasteiger partial charge in [-0.1, -0.05) is 6.07 Å². The van der Waals surface area contributed by atoms with E-state index in [-0.39, 0.29) is 24.3 Å². The summed E-state index contributed by atoms with van der Waals surface area (Å²) in [4.78, 5) is 24.0. The van der Waals surface area contributed by atoms with Gasteiger partial charge in [-0.05, 0) is 36.2 Å². The van der Waals surface area contributed by atoms with E-state index in [1.165, 1.54) is 0 Å². The molecule has 2 heterocycles. The molecule has 0 aliphatic carbocycles. The number of carbonyl (C=O) groups is 2. The maximum atomic E-state index is 12.5. The minimum atomic E-state index is -0.168. The van der Waals surface area contributed by atoms with Gasteiger partial charge in [-0.15, -0.1) is 0 Å². The number of amides is 2. The van der Waals surface area contributed by atoms with Crippen LogP contribution in [0.25, 0.3) is 0 Å². The molecule has 140 valence electrons. The number of carbonyl (C=O) groups excluding carboxylic acids is 2. The van der Waals surface area contributed by atoms with Crippen molar-refractivity contribution in [3.63, 3.8) is 0 Å². The van der Waals surface area contributed by atoms with E-state index in [4.69, 9.17) is 9.47 Å². The molecule has 1 unspecified atom stereocenters. The lowest BCUT2D eigenvalue weighted by Gasteiger charge is -2.26. The number of rotatable bonds is 4. The summed E-state index contributed by atoms with van der Waals surface area (Å²) in [5.41, 5.74) is 3.07. The molecule has 7 nitrogen and oxygen atoms in total. The van der Waals surface area contributed by atoms with Gasteiger partial charge in [0, 0.05) is 24.1 Å². The van der Waals surface area contributed by atoms with Crippen molar-refractivity contribution in [1.82, 2.24) is 5.32 Å². The summed E-state index contributed by atoms with van der Waals surface area (Å²) in [5, 5.41) is 8.74. The van der Waals surface area contributed by atoms with Crippen LogP contribution in [0.1, 0.15) is 15.9 Å². The number of nitrogens with one attached hydrogen (secondary N) is 3. The Morgan fingerprint density at radius 2 is 2.15 bits per heavy atom. The number of hydrogen-bond donors (Lipinski definition) is 3. The van der Waals surface area contributed by atoms with E-state index < -0.39 is 0 Å². The Bertz CT molecular complexity index is 897. The molecule has 2 aromatic rings. The molecule has 2 aliphatic heterocycles. The van der Waals surface area contributed by atoms with Gasteiger partial charge in [0.15, 0.2) is 0 Å². The lowest BCUT2D eigenvalue weighted by Crippen LogP contribution is -2.35. The third-order valence-electron chi connectivity index (χ3n) is 4.80. The molecule has 3 N–H and O–H groups in total. The van der Waals surface area contributed by atoms with E-state index in [0.717, 1.165) is 29.2 Å². The van der Waals surface area contributed by atoms with Crippen molar-refractivity contribution in [2.24, 2.45) is 5.92 Å². The van der Waals surface area contributed by atoms with E-state index in [9.17, 15) is 9.59 Å². The maximum Gasteiger partial charge on any atom is 0.251 e. The third kappa shape index (κ3) is 3.67. The fraction of sp³-hybridized carbons (Fsp3) is 0.300. The van der Waals surface area contributed by atoms with E-state index >= 15 is 0 Å². The van der Waals surface area contributed by atoms with Gasteiger partial charge in [0.25, 0.3) is 5.91 Å². The predicted octanol–water partition coefficient (Wildman–Crippen LogP) is 2.04. The smallest absolute Gasteiger partial charge is 0.251 e. The van der Waals surface area contributed by atoms with Gasteiger partial charge >= 0.3 is 0 Å². The Hall–Kier alpha value is -3.22. The van der Waals surface area contributed by atoms with Crippen molar-refractivity contribution in [3.8, 4) is 11.5 Å². The maximum absolute atomic E-state index is 12.5. The van der Waals surface area contributed by atoms with Gasteiger partial charge in [0.1, 0.15) is 11.5 Å². The number of hydrogen-bond acceptors (Lipinski definition) is 5. The molecule has 0 bridgehead atoms. The summed E-state index contributed by atoms with van der Waals surface area (Å²) >= 11 is 0. The Labute approximate surface area is 157 Å². The SMILES string of the molecule is COc1ccc2c(c1)OCC(CNC(=O)c1ccc3c(c1)NC(=O)CN3)C2. The number of benzene rings is 2. The van der Waals surface area contributed by atoms with E-state index in [1.54, 1.807) is 25.3 Å². The van der Waals surface area contributed by atoms with Crippen LogP contribution in [0.3, 0.4) is 0 Å². The molecule has 2 aromatic carbocycles. The van der Waals surface area contributed by atoms with Gasteiger partial charge in [0.05, 0.1) is 31.6 Å². The molecule has 2 aliphatic rings. The second-order valence-electron chi connectivity index (χ2n) is 6.73. The van der Waals surface area contributed by atoms with E-state index in [1.807, 2.05) is 18.2 Å². The van der Waals surface area contributed by atoms with Gasteiger partial charge in [-0.25, -0.2) is 0 Å². The highest BCUT2D eigenvalue weighted by Gasteiger charge is 2.22. The lowest BCUT2D eigenvalue weighted by atomic mass is 9.96. The summed E-state index contributed by atoms with van der Waals surface area (Å²) in [6.07, 6.45) is 0.837. The normalized spacial score (nSPS) is 17.5. The largest absolute Gasteiger partial charge is 0.497 e. The van der Waals surface area contributed by atoms with Gasteiger partial charge in [0.2, 0.25) is 5.91 Å². The fourth-order valence-corrected chi connectivity index (χ4v) is 3.33. The molecule has 0 saturated carbocycles. The number of fused-ring (bicyclic) bond motifs is 2. The molecule has 4 rings (SSSR count). The molecule has 0 aromatic heterocycles. The van der Waals surface area contributed by atoms with Crippen LogP contribution in [0, 0.1) is 5.92 Å². The van der Waals surface area contributed by atoms with Crippen LogP contribution in [0.15, 0.2) is 36.4 Å². The monoisotopic (exact) mass is 367 g/mol. The first-order valence-electron chi connectivity index (χ1n) is 8.88. The first kappa shape index (κ1) is 17.2. The number of methoxy groups -OCH3 is 1. The highest BCUT2D eigenvalue weighted by molar-refractivity contribution is 6.03. The van der Waals surface area contributed by atoms with Crippen molar-refractivity contribution in [2.75, 3.05) is 37.4 Å². The first-order valence-corrected chi connectivity index (χ1v) is 8.88. The highest BCUT2D eigenvalue weighted by Crippen LogP contribution is 2.31. The van der Waals surface area contributed by atoms with Crippen LogP contribution in [0.2, 0.25) is 0 Å². The number of anilines is 2. The zero-order chi connectivity index (χ0) is 18.8. The van der Waals surface area contributed by atoms with Crippen molar-refractivity contribution in [2.45, 2.75) is 6.42 Å². The second kappa shape index (κ2) is 7.19. The summed E-state index contributed by atoms with van der Waals surface area (Å²) < 4.78 is 11.0. The molecule has 0 fully saturated rings. The molecule has 0 radical (unpaired) electrons. The third-order valence-corrected chi connectivity index (χ3v) is 4.80. The zero-order valence-corrected chi connectivity index (χ0v) is 15.0. The van der Waals surface area contributed by atoms with E-state index in [2.05, 4.69) is 16.0 Å². The van der Waals surface area contributed by atoms with Crippen LogP contribution >= 0.6 is 0 Å². The standard InChI is InChI=1S/C20H21N3O4/c1-26-15-4-2-13-6-12(11-27-18(13)8-15)9-22-20(25)14-3-5-16-17(7-14)23-19(24)10-21-16/h2-5,7-8,12,21H,6,9-11H2,1H3,(H,22,25)(H,23,24). The van der Waals surface area contributed by atoms with Crippen molar-refractivity contribution in [3.05, 3.63) is 47.5 Å². The fourth-order valence-electron chi connectivity index (χ4n) is 3.33. The summed E-state index contributed by atoms with van der Waals surface area (Å²) in [6, 6.07) is 11.0. The van der Waals surface area contributed by atoms with Crippen LogP contribution < -0.4 is 25.4 Å². The zero-order valence-electron chi connectivity index (χ0n) is 15.0. The first-order chi connectivity index (χ1) is 13.1. The van der Waals surface area contributed by atoms with Crippen LogP contribution in [0.5, 0.6) is 11.5 Å². The Morgan fingerprint density at radius 3 is 3.00 bits per heavy atom. The van der Waals surface area contributed by atoms with E-state index in [0.29, 0.717) is 24.4 Å². The molecule has 2 amide bonds. The molecule has 0 spiro atoms. The minimum absolute atomic E-state index is 0.116. The van der Waals surface area contributed by atoms with Crippen molar-refractivity contribution in [1.29, 1.82) is 0 Å². The van der Waals surface area contributed by atoms with Crippen LogP contribution in [-0.2, 0) is 11.2 Å². The van der Waals surface area contributed by atoms with Gasteiger partial charge in [-0.3, -0.25) is 9.59 Å². The molecular formula is C20H21N3O4. The summed E-state index contributed by atoms with van der Waals surface area (Å²) in [5.74, 6) is 1.53. The Balaban J connectivity index is 1.37. The summed E-state index contributed by atoms with van der Waals surface area (Å²) in [7, 11) is 1.63. The van der Waals surface area contributed by atoms with Crippen LogP contribution in [0.4, 0.5) is 11.4 Å². The summed E-state index contributed by atoms with van der Waals surface area (Å²) in [6.45, 7) is 1.31. The molecule has 0 saturated heterocycles. The predicted molar refractivity (Wildman–Crippen MR) is 102 cm³/mol. The average Bonchev–Trinajstić information content (AvgIpc) is 2.70. The Morgan fingerprint density at radius 1 is 1.26 bits per heavy atom. The highest BCUT2D eigenvalue weighted by atomic mass is 16.5. The average molecular weight is 367 g/mol. The number of ether oxygens (including phenoxy) is 2. The van der Waals surface area contributed by atoms with Crippen molar-refractivity contribution >= 4 is 23.2 Å². The topological polar surface area (TPSA) is 88.7 Å².